The van der Waals surface area contributed by atoms with E-state index in [9.17, 15) is 14.0 Å². The number of hydrogen-bond donors (Lipinski definition) is 3. The molecule has 2 aliphatic rings. The molecule has 1 spiro atoms. The molecule has 2 aromatic rings. The lowest BCUT2D eigenvalue weighted by Crippen LogP contribution is -2.30. The molecule has 2 heterocycles. The van der Waals surface area contributed by atoms with E-state index in [4.69, 9.17) is 10.8 Å². The molecule has 1 atom stereocenters. The molecule has 1 aliphatic heterocycles. The Morgan fingerprint density at radius 1 is 1.43 bits per heavy atom. The molecule has 0 unspecified atom stereocenters. The molecule has 6 nitrogen and oxygen atoms in total. The lowest BCUT2D eigenvalue weighted by Gasteiger charge is -2.19. The van der Waals surface area contributed by atoms with Crippen LogP contribution >= 0.6 is 0 Å². The Morgan fingerprint density at radius 3 is 2.78 bits per heavy atom. The third kappa shape index (κ3) is 2.03. The number of carboxylic acid groups (broad SMARTS) is 1. The number of rotatable bonds is 2. The summed E-state index contributed by atoms with van der Waals surface area (Å²) in [5.74, 6) is -1.87. The van der Waals surface area contributed by atoms with Gasteiger partial charge in [0, 0.05) is 36.1 Å². The van der Waals surface area contributed by atoms with Crippen molar-refractivity contribution in [2.24, 2.45) is 11.1 Å². The van der Waals surface area contributed by atoms with Crippen LogP contribution in [0.25, 0.3) is 10.9 Å². The number of carboxylic acids is 1. The molecule has 1 aliphatic carbocycles. The first-order valence-corrected chi connectivity index (χ1v) is 7.50. The van der Waals surface area contributed by atoms with Crippen molar-refractivity contribution in [1.29, 1.82) is 0 Å². The number of hydrogen-bond acceptors (Lipinski definition) is 4. The van der Waals surface area contributed by atoms with Crippen LogP contribution in [-0.2, 0) is 0 Å². The quantitative estimate of drug-likeness (QED) is 0.775. The largest absolute Gasteiger partial charge is 0.477 e. The average Bonchev–Trinajstić information content (AvgIpc) is 3.20. The van der Waals surface area contributed by atoms with Gasteiger partial charge in [0.15, 0.2) is 0 Å². The number of anilines is 1. The van der Waals surface area contributed by atoms with Gasteiger partial charge in [-0.2, -0.15) is 0 Å². The first kappa shape index (κ1) is 14.2. The number of halogens is 1. The van der Waals surface area contributed by atoms with Gasteiger partial charge in [0.25, 0.3) is 0 Å². The van der Waals surface area contributed by atoms with Crippen LogP contribution in [0.4, 0.5) is 10.1 Å². The number of aromatic carboxylic acids is 1. The van der Waals surface area contributed by atoms with Gasteiger partial charge in [0.05, 0.1) is 11.2 Å². The lowest BCUT2D eigenvalue weighted by atomic mass is 10.0. The maximum Gasteiger partial charge on any atom is 0.341 e. The van der Waals surface area contributed by atoms with Crippen LogP contribution in [-0.4, -0.2) is 35.2 Å². The zero-order valence-corrected chi connectivity index (χ0v) is 12.3. The summed E-state index contributed by atoms with van der Waals surface area (Å²) in [5, 5.41) is 9.02. The van der Waals surface area contributed by atoms with E-state index in [1.807, 2.05) is 4.90 Å². The van der Waals surface area contributed by atoms with E-state index in [0.717, 1.165) is 25.1 Å². The highest BCUT2D eigenvalue weighted by atomic mass is 19.1. The highest BCUT2D eigenvalue weighted by Gasteiger charge is 2.53. The number of fused-ring (bicyclic) bond motifs is 1. The fourth-order valence-electron chi connectivity index (χ4n) is 3.50. The molecule has 1 aromatic heterocycles. The van der Waals surface area contributed by atoms with E-state index in [-0.39, 0.29) is 16.8 Å². The molecule has 1 saturated carbocycles. The van der Waals surface area contributed by atoms with E-state index in [0.29, 0.717) is 24.3 Å². The number of carbonyl (C=O) groups is 1. The minimum absolute atomic E-state index is 0.0334. The van der Waals surface area contributed by atoms with Gasteiger partial charge in [-0.25, -0.2) is 9.18 Å². The minimum Gasteiger partial charge on any atom is -0.477 e. The van der Waals surface area contributed by atoms with E-state index in [1.165, 1.54) is 0 Å². The summed E-state index contributed by atoms with van der Waals surface area (Å²) in [7, 11) is 0. The molecule has 0 radical (unpaired) electrons. The molecule has 4 rings (SSSR count). The molecule has 1 aromatic carbocycles. The Hall–Kier alpha value is -2.41. The van der Waals surface area contributed by atoms with Crippen LogP contribution < -0.4 is 16.1 Å². The van der Waals surface area contributed by atoms with Gasteiger partial charge >= 0.3 is 5.97 Å². The number of pyridine rings is 1. The average molecular weight is 317 g/mol. The molecule has 120 valence electrons. The van der Waals surface area contributed by atoms with Gasteiger partial charge in [-0.1, -0.05) is 0 Å². The summed E-state index contributed by atoms with van der Waals surface area (Å²) >= 11 is 0. The maximum absolute atomic E-state index is 14.5. The van der Waals surface area contributed by atoms with Crippen LogP contribution in [0.3, 0.4) is 0 Å². The van der Waals surface area contributed by atoms with Crippen molar-refractivity contribution >= 4 is 22.6 Å². The van der Waals surface area contributed by atoms with Crippen molar-refractivity contribution in [3.63, 3.8) is 0 Å². The van der Waals surface area contributed by atoms with Crippen molar-refractivity contribution in [3.05, 3.63) is 39.9 Å². The van der Waals surface area contributed by atoms with Gasteiger partial charge in [0.2, 0.25) is 5.43 Å². The smallest absolute Gasteiger partial charge is 0.341 e. The Morgan fingerprint density at radius 2 is 2.17 bits per heavy atom. The molecule has 7 heteroatoms. The zero-order chi connectivity index (χ0) is 16.4. The number of nitrogens with one attached hydrogen (secondary N) is 1. The van der Waals surface area contributed by atoms with E-state index in [2.05, 4.69) is 4.98 Å². The van der Waals surface area contributed by atoms with Crippen LogP contribution in [0.1, 0.15) is 23.2 Å². The Bertz CT molecular complexity index is 888. The fourth-order valence-corrected chi connectivity index (χ4v) is 3.50. The molecule has 23 heavy (non-hydrogen) atoms. The first-order chi connectivity index (χ1) is 10.9. The normalized spacial score (nSPS) is 22.0. The number of benzene rings is 1. The third-order valence-corrected chi connectivity index (χ3v) is 5.12. The first-order valence-electron chi connectivity index (χ1n) is 7.50. The van der Waals surface area contributed by atoms with Gasteiger partial charge in [0.1, 0.15) is 11.4 Å². The number of nitrogens with two attached hydrogens (primary N) is 1. The van der Waals surface area contributed by atoms with Crippen molar-refractivity contribution < 1.29 is 14.3 Å². The molecule has 2 fully saturated rings. The monoisotopic (exact) mass is 317 g/mol. The predicted molar refractivity (Wildman–Crippen MR) is 83.3 cm³/mol. The van der Waals surface area contributed by atoms with Crippen LogP contribution in [0.5, 0.6) is 0 Å². The summed E-state index contributed by atoms with van der Waals surface area (Å²) in [4.78, 5) is 27.8. The molecule has 0 amide bonds. The second-order valence-corrected chi connectivity index (χ2v) is 6.54. The highest BCUT2D eigenvalue weighted by molar-refractivity contribution is 5.93. The second-order valence-electron chi connectivity index (χ2n) is 6.54. The Labute approximate surface area is 130 Å². The number of aromatic amines is 1. The number of nitrogens with zero attached hydrogens (tertiary/aromatic N) is 1. The molecular formula is C16H16FN3O3. The SMILES string of the molecule is N[C@@H]1CN(c2cc3[nH]cc(C(=O)O)c(=O)c3cc2F)CC12CC2. The van der Waals surface area contributed by atoms with Gasteiger partial charge in [-0.15, -0.1) is 0 Å². The lowest BCUT2D eigenvalue weighted by molar-refractivity contribution is 0.0695. The zero-order valence-electron chi connectivity index (χ0n) is 12.3. The maximum atomic E-state index is 14.5. The Balaban J connectivity index is 1.81. The highest BCUT2D eigenvalue weighted by Crippen LogP contribution is 2.52. The van der Waals surface area contributed by atoms with E-state index >= 15 is 0 Å². The number of H-pyrrole nitrogens is 1. The minimum atomic E-state index is -1.33. The van der Waals surface area contributed by atoms with Crippen LogP contribution in [0, 0.1) is 11.2 Å². The Kier molecular flexibility index (Phi) is 2.81. The molecule has 0 bridgehead atoms. The summed E-state index contributed by atoms with van der Waals surface area (Å²) in [6.07, 6.45) is 3.28. The third-order valence-electron chi connectivity index (χ3n) is 5.12. The molecule has 4 N–H and O–H groups in total. The van der Waals surface area contributed by atoms with Crippen LogP contribution in [0.15, 0.2) is 23.1 Å². The summed E-state index contributed by atoms with van der Waals surface area (Å²) in [5.41, 5.74) is 6.00. The standard InChI is InChI=1S/C16H16FN3O3/c17-10-3-8-11(19-5-9(14(8)21)15(22)23)4-12(10)20-6-13(18)16(7-20)1-2-16/h3-5,13H,1-2,6-7,18H2,(H,19,21)(H,22,23)/t13-/m1/s1. The summed E-state index contributed by atoms with van der Waals surface area (Å²) < 4.78 is 14.5. The van der Waals surface area contributed by atoms with Gasteiger partial charge in [-0.05, 0) is 25.0 Å². The van der Waals surface area contributed by atoms with Crippen molar-refractivity contribution in [3.8, 4) is 0 Å². The van der Waals surface area contributed by atoms with Gasteiger partial charge in [-0.3, -0.25) is 4.79 Å². The van der Waals surface area contributed by atoms with Crippen LogP contribution in [0.2, 0.25) is 0 Å². The fraction of sp³-hybridized carbons (Fsp3) is 0.375. The van der Waals surface area contributed by atoms with E-state index in [1.54, 1.807) is 6.07 Å². The van der Waals surface area contributed by atoms with Crippen molar-refractivity contribution in [1.82, 2.24) is 4.98 Å². The van der Waals surface area contributed by atoms with E-state index < -0.39 is 22.8 Å². The van der Waals surface area contributed by atoms with Gasteiger partial charge < -0.3 is 20.7 Å². The summed E-state index contributed by atoms with van der Waals surface area (Å²) in [6.45, 7) is 1.30. The topological polar surface area (TPSA) is 99.4 Å². The molecule has 1 saturated heterocycles. The van der Waals surface area contributed by atoms with Crippen molar-refractivity contribution in [2.45, 2.75) is 18.9 Å². The predicted octanol–water partition coefficient (Wildman–Crippen LogP) is 1.29. The molecular weight excluding hydrogens is 301 g/mol. The van der Waals surface area contributed by atoms with Crippen molar-refractivity contribution in [2.75, 3.05) is 18.0 Å². The second kappa shape index (κ2) is 4.55. The summed E-state index contributed by atoms with van der Waals surface area (Å²) in [6, 6.07) is 2.71. The number of aromatic nitrogens is 1.